The molecule has 3 aromatic rings. The van der Waals surface area contributed by atoms with Crippen molar-refractivity contribution in [1.29, 1.82) is 0 Å². The zero-order valence-electron chi connectivity index (χ0n) is 18.3. The lowest BCUT2D eigenvalue weighted by atomic mass is 10.2. The number of hydrazone groups is 1. The Morgan fingerprint density at radius 3 is 2.38 bits per heavy atom. The highest BCUT2D eigenvalue weighted by Crippen LogP contribution is 2.29. The van der Waals surface area contributed by atoms with Gasteiger partial charge in [-0.15, -0.1) is 0 Å². The van der Waals surface area contributed by atoms with Crippen molar-refractivity contribution in [2.75, 3.05) is 19.5 Å². The monoisotopic (exact) mass is 501 g/mol. The van der Waals surface area contributed by atoms with Crippen LogP contribution in [0.3, 0.4) is 0 Å². The van der Waals surface area contributed by atoms with Crippen LogP contribution in [0.15, 0.2) is 65.8 Å². The van der Waals surface area contributed by atoms with Gasteiger partial charge in [0.15, 0.2) is 11.5 Å². The van der Waals surface area contributed by atoms with Gasteiger partial charge in [0.2, 0.25) is 0 Å². The Kier molecular flexibility index (Phi) is 8.73. The van der Waals surface area contributed by atoms with Gasteiger partial charge in [-0.1, -0.05) is 41.4 Å². The second-order valence-electron chi connectivity index (χ2n) is 6.80. The Morgan fingerprint density at radius 2 is 1.65 bits per heavy atom. The highest BCUT2D eigenvalue weighted by atomic mass is 35.5. The molecule has 0 saturated heterocycles. The fourth-order valence-electron chi connectivity index (χ4n) is 2.82. The lowest BCUT2D eigenvalue weighted by Crippen LogP contribution is -2.32. The van der Waals surface area contributed by atoms with E-state index in [4.69, 9.17) is 37.4 Å². The van der Waals surface area contributed by atoms with E-state index in [1.807, 2.05) is 6.07 Å². The number of anilines is 1. The number of amides is 2. The first-order chi connectivity index (χ1) is 16.4. The maximum atomic E-state index is 12.1. The summed E-state index contributed by atoms with van der Waals surface area (Å²) in [5.41, 5.74) is 4.01. The molecule has 8 nitrogen and oxygen atoms in total. The van der Waals surface area contributed by atoms with Gasteiger partial charge in [-0.25, -0.2) is 5.43 Å². The maximum Gasteiger partial charge on any atom is 0.329 e. The first-order valence-corrected chi connectivity index (χ1v) is 10.7. The molecule has 0 bridgehead atoms. The Bertz CT molecular complexity index is 1220. The molecule has 176 valence electrons. The van der Waals surface area contributed by atoms with E-state index >= 15 is 0 Å². The largest absolute Gasteiger partial charge is 0.495 e. The Balaban J connectivity index is 1.58. The normalized spacial score (nSPS) is 10.6. The van der Waals surface area contributed by atoms with Crippen LogP contribution in [-0.2, 0) is 16.2 Å². The van der Waals surface area contributed by atoms with Gasteiger partial charge in [0.1, 0.15) is 12.4 Å². The second-order valence-corrected chi connectivity index (χ2v) is 7.62. The Morgan fingerprint density at radius 1 is 0.882 bits per heavy atom. The number of nitrogens with zero attached hydrogens (tertiary/aromatic N) is 1. The van der Waals surface area contributed by atoms with Gasteiger partial charge in [0.05, 0.1) is 36.2 Å². The highest BCUT2D eigenvalue weighted by molar-refractivity contribution is 6.42. The van der Waals surface area contributed by atoms with Crippen molar-refractivity contribution in [3.63, 3.8) is 0 Å². The van der Waals surface area contributed by atoms with Crippen LogP contribution >= 0.6 is 23.2 Å². The van der Waals surface area contributed by atoms with Crippen molar-refractivity contribution in [3.8, 4) is 17.2 Å². The number of hydrogen-bond acceptors (Lipinski definition) is 6. The molecule has 0 radical (unpaired) electrons. The zero-order valence-corrected chi connectivity index (χ0v) is 19.8. The molecular weight excluding hydrogens is 481 g/mol. The molecule has 0 spiro atoms. The number of ether oxygens (including phenoxy) is 3. The smallest absolute Gasteiger partial charge is 0.329 e. The lowest BCUT2D eigenvalue weighted by Gasteiger charge is -2.12. The number of benzene rings is 3. The van der Waals surface area contributed by atoms with Gasteiger partial charge in [0.25, 0.3) is 0 Å². The summed E-state index contributed by atoms with van der Waals surface area (Å²) >= 11 is 12.0. The average Bonchev–Trinajstić information content (AvgIpc) is 2.85. The van der Waals surface area contributed by atoms with E-state index in [2.05, 4.69) is 15.8 Å². The number of carbonyl (C=O) groups excluding carboxylic acids is 2. The first kappa shape index (κ1) is 24.9. The van der Waals surface area contributed by atoms with Crippen LogP contribution in [0, 0.1) is 0 Å². The molecule has 0 heterocycles. The molecule has 0 atom stereocenters. The van der Waals surface area contributed by atoms with Crippen LogP contribution in [0.1, 0.15) is 11.1 Å². The SMILES string of the molecule is COc1ccccc1NC(=O)C(=O)N/N=C\c1ccc(OCc2ccc(Cl)c(Cl)c2)c(OC)c1. The summed E-state index contributed by atoms with van der Waals surface area (Å²) in [4.78, 5) is 24.1. The topological polar surface area (TPSA) is 98.2 Å². The minimum atomic E-state index is -0.935. The number of carbonyl (C=O) groups is 2. The quantitative estimate of drug-likeness (QED) is 0.265. The van der Waals surface area contributed by atoms with Crippen LogP contribution in [-0.4, -0.2) is 32.2 Å². The van der Waals surface area contributed by atoms with E-state index in [1.54, 1.807) is 54.6 Å². The molecular formula is C24H21Cl2N3O5. The van der Waals surface area contributed by atoms with E-state index in [1.165, 1.54) is 20.4 Å². The van der Waals surface area contributed by atoms with Gasteiger partial charge < -0.3 is 19.5 Å². The molecule has 0 aliphatic rings. The summed E-state index contributed by atoms with van der Waals surface area (Å²) in [6.07, 6.45) is 1.37. The molecule has 0 aliphatic heterocycles. The summed E-state index contributed by atoms with van der Waals surface area (Å²) in [6, 6.07) is 17.1. The van der Waals surface area contributed by atoms with Gasteiger partial charge in [-0.2, -0.15) is 5.10 Å². The van der Waals surface area contributed by atoms with Crippen LogP contribution in [0.25, 0.3) is 0 Å². The summed E-state index contributed by atoms with van der Waals surface area (Å²) in [5, 5.41) is 7.20. The van der Waals surface area contributed by atoms with Crippen LogP contribution in [0.2, 0.25) is 10.0 Å². The van der Waals surface area contributed by atoms with Crippen molar-refractivity contribution in [2.45, 2.75) is 6.61 Å². The van der Waals surface area contributed by atoms with Crippen molar-refractivity contribution in [2.24, 2.45) is 5.10 Å². The third-order valence-corrected chi connectivity index (χ3v) is 5.25. The van der Waals surface area contributed by atoms with Crippen LogP contribution < -0.4 is 25.0 Å². The molecule has 0 aromatic heterocycles. The van der Waals surface area contributed by atoms with Crippen LogP contribution in [0.4, 0.5) is 5.69 Å². The first-order valence-electron chi connectivity index (χ1n) is 9.93. The maximum absolute atomic E-state index is 12.1. The Labute approximate surface area is 206 Å². The predicted molar refractivity (Wildman–Crippen MR) is 131 cm³/mol. The van der Waals surface area contributed by atoms with Gasteiger partial charge in [0, 0.05) is 0 Å². The molecule has 10 heteroatoms. The van der Waals surface area contributed by atoms with E-state index in [-0.39, 0.29) is 6.61 Å². The third kappa shape index (κ3) is 6.63. The molecule has 0 fully saturated rings. The minimum absolute atomic E-state index is 0.262. The minimum Gasteiger partial charge on any atom is -0.495 e. The number of nitrogens with one attached hydrogen (secondary N) is 2. The molecule has 34 heavy (non-hydrogen) atoms. The third-order valence-electron chi connectivity index (χ3n) is 4.51. The standard InChI is InChI=1S/C24H21Cl2N3O5/c1-32-20-6-4-3-5-19(20)28-23(30)24(31)29-27-13-15-8-10-21(22(12-15)33-2)34-14-16-7-9-17(25)18(26)11-16/h3-13H,14H2,1-2H3,(H,28,30)(H,29,31)/b27-13-. The fourth-order valence-corrected chi connectivity index (χ4v) is 3.14. The summed E-state index contributed by atoms with van der Waals surface area (Å²) in [5.74, 6) is -0.420. The van der Waals surface area contributed by atoms with E-state index in [0.29, 0.717) is 38.5 Å². The highest BCUT2D eigenvalue weighted by Gasteiger charge is 2.15. The molecule has 2 amide bonds. The predicted octanol–water partition coefficient (Wildman–Crippen LogP) is 4.68. The fraction of sp³-hybridized carbons (Fsp3) is 0.125. The van der Waals surface area contributed by atoms with Crippen molar-refractivity contribution < 1.29 is 23.8 Å². The molecule has 2 N–H and O–H groups in total. The number of halogens is 2. The van der Waals surface area contributed by atoms with Crippen molar-refractivity contribution in [1.82, 2.24) is 5.43 Å². The number of hydrogen-bond donors (Lipinski definition) is 2. The Hall–Kier alpha value is -3.75. The van der Waals surface area contributed by atoms with E-state index < -0.39 is 11.8 Å². The summed E-state index contributed by atoms with van der Waals surface area (Å²) in [7, 11) is 2.97. The zero-order chi connectivity index (χ0) is 24.5. The van der Waals surface area contributed by atoms with Gasteiger partial charge in [-0.05, 0) is 53.6 Å². The summed E-state index contributed by atoms with van der Waals surface area (Å²) < 4.78 is 16.3. The number of para-hydroxylation sites is 2. The summed E-state index contributed by atoms with van der Waals surface area (Å²) in [6.45, 7) is 0.262. The van der Waals surface area contributed by atoms with Crippen molar-refractivity contribution >= 4 is 46.9 Å². The van der Waals surface area contributed by atoms with Gasteiger partial charge >= 0.3 is 11.8 Å². The van der Waals surface area contributed by atoms with Crippen molar-refractivity contribution in [3.05, 3.63) is 81.8 Å². The second kappa shape index (κ2) is 11.9. The molecule has 0 saturated carbocycles. The van der Waals surface area contributed by atoms with Crippen LogP contribution in [0.5, 0.6) is 17.2 Å². The molecule has 0 unspecified atom stereocenters. The van der Waals surface area contributed by atoms with Gasteiger partial charge in [-0.3, -0.25) is 9.59 Å². The molecule has 3 aromatic carbocycles. The molecule has 0 aliphatic carbocycles. The molecule has 3 rings (SSSR count). The van der Waals surface area contributed by atoms with E-state index in [9.17, 15) is 9.59 Å². The number of methoxy groups -OCH3 is 2. The number of rotatable bonds is 8. The van der Waals surface area contributed by atoms with E-state index in [0.717, 1.165) is 5.56 Å². The lowest BCUT2D eigenvalue weighted by molar-refractivity contribution is -0.136. The average molecular weight is 502 g/mol.